The molecule has 0 bridgehead atoms. The van der Waals surface area contributed by atoms with Gasteiger partial charge in [-0.3, -0.25) is 0 Å². The number of hydrogen-bond acceptors (Lipinski definition) is 2. The quantitative estimate of drug-likeness (QED) is 0.627. The van der Waals surface area contributed by atoms with Crippen molar-refractivity contribution < 1.29 is 9.50 Å². The lowest BCUT2D eigenvalue weighted by Crippen LogP contribution is -2.01. The molecule has 0 amide bonds. The molecular formula is C15H9BrClFOS. The van der Waals surface area contributed by atoms with Crippen molar-refractivity contribution in [1.29, 1.82) is 0 Å². The van der Waals surface area contributed by atoms with E-state index in [1.807, 2.05) is 12.1 Å². The summed E-state index contributed by atoms with van der Waals surface area (Å²) in [4.78, 5) is 0.607. The van der Waals surface area contributed by atoms with E-state index in [1.165, 1.54) is 11.3 Å². The Balaban J connectivity index is 2.12. The topological polar surface area (TPSA) is 20.2 Å². The van der Waals surface area contributed by atoms with Crippen LogP contribution in [-0.4, -0.2) is 5.11 Å². The van der Waals surface area contributed by atoms with E-state index in [0.29, 0.717) is 19.1 Å². The Labute approximate surface area is 132 Å². The van der Waals surface area contributed by atoms with Gasteiger partial charge in [-0.1, -0.05) is 48.0 Å². The minimum Gasteiger partial charge on any atom is -0.383 e. The summed E-state index contributed by atoms with van der Waals surface area (Å²) in [6.07, 6.45) is -1.02. The summed E-state index contributed by atoms with van der Waals surface area (Å²) >= 11 is 10.5. The first-order chi connectivity index (χ1) is 9.58. The summed E-state index contributed by atoms with van der Waals surface area (Å²) in [5.41, 5.74) is 0.258. The van der Waals surface area contributed by atoms with Gasteiger partial charge < -0.3 is 5.11 Å². The van der Waals surface area contributed by atoms with E-state index in [2.05, 4.69) is 15.9 Å². The molecule has 20 heavy (non-hydrogen) atoms. The number of hydrogen-bond donors (Lipinski definition) is 1. The molecule has 1 atom stereocenters. The Bertz CT molecular complexity index is 767. The van der Waals surface area contributed by atoms with Gasteiger partial charge in [-0.05, 0) is 27.4 Å². The van der Waals surface area contributed by atoms with Gasteiger partial charge in [0.1, 0.15) is 16.3 Å². The van der Waals surface area contributed by atoms with Crippen LogP contribution in [0.2, 0.25) is 4.34 Å². The van der Waals surface area contributed by atoms with Gasteiger partial charge in [0.15, 0.2) is 0 Å². The molecule has 0 fully saturated rings. The van der Waals surface area contributed by atoms with Crippen molar-refractivity contribution in [3.63, 3.8) is 0 Å². The third-order valence-electron chi connectivity index (χ3n) is 3.12. The van der Waals surface area contributed by atoms with Crippen molar-refractivity contribution in [3.8, 4) is 0 Å². The summed E-state index contributed by atoms with van der Waals surface area (Å²) in [6.45, 7) is 0. The van der Waals surface area contributed by atoms with Crippen LogP contribution in [0.1, 0.15) is 16.5 Å². The van der Waals surface area contributed by atoms with Crippen LogP contribution in [-0.2, 0) is 0 Å². The molecule has 1 aromatic heterocycles. The molecule has 2 aromatic carbocycles. The van der Waals surface area contributed by atoms with E-state index in [4.69, 9.17) is 11.6 Å². The van der Waals surface area contributed by atoms with Gasteiger partial charge in [0, 0.05) is 20.3 Å². The lowest BCUT2D eigenvalue weighted by Gasteiger charge is -2.12. The maximum atomic E-state index is 14.5. The number of benzene rings is 2. The van der Waals surface area contributed by atoms with Crippen LogP contribution in [0.4, 0.5) is 4.39 Å². The summed E-state index contributed by atoms with van der Waals surface area (Å²) in [7, 11) is 0. The molecule has 0 saturated carbocycles. The van der Waals surface area contributed by atoms with Crippen LogP contribution in [0.5, 0.6) is 0 Å². The zero-order valence-electron chi connectivity index (χ0n) is 10.1. The first-order valence-corrected chi connectivity index (χ1v) is 7.86. The lowest BCUT2D eigenvalue weighted by molar-refractivity contribution is 0.219. The van der Waals surface area contributed by atoms with Crippen molar-refractivity contribution in [2.24, 2.45) is 0 Å². The van der Waals surface area contributed by atoms with E-state index in [-0.39, 0.29) is 5.56 Å². The highest BCUT2D eigenvalue weighted by Crippen LogP contribution is 2.38. The SMILES string of the molecule is OC(c1cc(Br)c(Cl)s1)c1ccc2ccccc2c1F. The minimum absolute atomic E-state index is 0.258. The number of rotatable bonds is 2. The van der Waals surface area contributed by atoms with Gasteiger partial charge >= 0.3 is 0 Å². The molecule has 102 valence electrons. The highest BCUT2D eigenvalue weighted by atomic mass is 79.9. The Hall–Kier alpha value is -0.940. The van der Waals surface area contributed by atoms with Gasteiger partial charge in [-0.2, -0.15) is 0 Å². The van der Waals surface area contributed by atoms with Crippen molar-refractivity contribution >= 4 is 49.6 Å². The van der Waals surface area contributed by atoms with Gasteiger partial charge in [0.2, 0.25) is 0 Å². The molecule has 0 saturated heterocycles. The van der Waals surface area contributed by atoms with Crippen LogP contribution >= 0.6 is 38.9 Å². The summed E-state index contributed by atoms with van der Waals surface area (Å²) in [5, 5.41) is 11.7. The second kappa shape index (κ2) is 5.45. The molecule has 0 radical (unpaired) electrons. The number of aliphatic hydroxyl groups excluding tert-OH is 1. The predicted octanol–water partition coefficient (Wildman–Crippen LogP) is 5.54. The second-order valence-corrected chi connectivity index (χ2v) is 6.90. The Morgan fingerprint density at radius 1 is 1.20 bits per heavy atom. The molecule has 0 aliphatic heterocycles. The highest BCUT2D eigenvalue weighted by molar-refractivity contribution is 9.10. The molecule has 1 nitrogen and oxygen atoms in total. The highest BCUT2D eigenvalue weighted by Gasteiger charge is 2.19. The second-order valence-electron chi connectivity index (χ2n) is 4.36. The molecule has 3 aromatic rings. The number of thiophene rings is 1. The van der Waals surface area contributed by atoms with E-state index in [1.54, 1.807) is 30.3 Å². The molecule has 1 heterocycles. The molecule has 3 rings (SSSR count). The molecule has 1 N–H and O–H groups in total. The maximum Gasteiger partial charge on any atom is 0.137 e. The zero-order chi connectivity index (χ0) is 14.3. The largest absolute Gasteiger partial charge is 0.383 e. The molecule has 0 spiro atoms. The fourth-order valence-corrected chi connectivity index (χ4v) is 3.85. The number of halogens is 3. The number of aliphatic hydroxyl groups is 1. The van der Waals surface area contributed by atoms with E-state index in [0.717, 1.165) is 5.39 Å². The summed E-state index contributed by atoms with van der Waals surface area (Å²) < 4.78 is 15.8. The third-order valence-corrected chi connectivity index (χ3v) is 5.65. The van der Waals surface area contributed by atoms with Crippen molar-refractivity contribution in [3.05, 3.63) is 67.5 Å². The summed E-state index contributed by atoms with van der Waals surface area (Å²) in [6, 6.07) is 12.3. The average Bonchev–Trinajstić information content (AvgIpc) is 2.79. The van der Waals surface area contributed by atoms with Crippen LogP contribution in [0.3, 0.4) is 0 Å². The van der Waals surface area contributed by atoms with Crippen molar-refractivity contribution in [2.45, 2.75) is 6.10 Å². The normalized spacial score (nSPS) is 12.8. The van der Waals surface area contributed by atoms with Crippen LogP contribution in [0, 0.1) is 5.82 Å². The van der Waals surface area contributed by atoms with E-state index < -0.39 is 11.9 Å². The van der Waals surface area contributed by atoms with Gasteiger partial charge in [0.05, 0.1) is 0 Å². The fourth-order valence-electron chi connectivity index (χ4n) is 2.11. The third kappa shape index (κ3) is 2.37. The van der Waals surface area contributed by atoms with Crippen LogP contribution in [0.15, 0.2) is 46.9 Å². The lowest BCUT2D eigenvalue weighted by atomic mass is 10.0. The Morgan fingerprint density at radius 2 is 1.95 bits per heavy atom. The molecule has 0 aliphatic rings. The Kier molecular flexibility index (Phi) is 3.82. The fraction of sp³-hybridized carbons (Fsp3) is 0.0667. The first kappa shape index (κ1) is 14.0. The molecule has 0 aliphatic carbocycles. The minimum atomic E-state index is -1.02. The van der Waals surface area contributed by atoms with E-state index in [9.17, 15) is 9.50 Å². The molecule has 1 unspecified atom stereocenters. The molecular weight excluding hydrogens is 363 g/mol. The van der Waals surface area contributed by atoms with Crippen molar-refractivity contribution in [2.75, 3.05) is 0 Å². The standard InChI is InChI=1S/C15H9BrClFOS/c16-11-7-12(20-15(11)17)14(19)10-6-5-8-3-1-2-4-9(8)13(10)18/h1-7,14,19H. The zero-order valence-corrected chi connectivity index (χ0v) is 13.3. The van der Waals surface area contributed by atoms with E-state index >= 15 is 0 Å². The smallest absolute Gasteiger partial charge is 0.137 e. The van der Waals surface area contributed by atoms with Gasteiger partial charge in [0.25, 0.3) is 0 Å². The maximum absolute atomic E-state index is 14.5. The molecule has 5 heteroatoms. The van der Waals surface area contributed by atoms with Crippen LogP contribution in [0.25, 0.3) is 10.8 Å². The summed E-state index contributed by atoms with van der Waals surface area (Å²) in [5.74, 6) is -0.392. The van der Waals surface area contributed by atoms with Crippen LogP contribution < -0.4 is 0 Å². The Morgan fingerprint density at radius 3 is 2.65 bits per heavy atom. The predicted molar refractivity (Wildman–Crippen MR) is 85.0 cm³/mol. The van der Waals surface area contributed by atoms with Gasteiger partial charge in [-0.15, -0.1) is 11.3 Å². The van der Waals surface area contributed by atoms with Crippen molar-refractivity contribution in [1.82, 2.24) is 0 Å². The number of fused-ring (bicyclic) bond motifs is 1. The van der Waals surface area contributed by atoms with Gasteiger partial charge in [-0.25, -0.2) is 4.39 Å². The first-order valence-electron chi connectivity index (χ1n) is 5.88. The average molecular weight is 372 g/mol. The monoisotopic (exact) mass is 370 g/mol.